The highest BCUT2D eigenvalue weighted by Gasteiger charge is 2.23. The third-order valence-corrected chi connectivity index (χ3v) is 5.54. The van der Waals surface area contributed by atoms with Crippen LogP contribution in [0.15, 0.2) is 53.7 Å². The van der Waals surface area contributed by atoms with Gasteiger partial charge in [-0.1, -0.05) is 0 Å². The van der Waals surface area contributed by atoms with Crippen molar-refractivity contribution in [1.82, 2.24) is 14.6 Å². The molecule has 134 valence electrons. The molecule has 0 aliphatic carbocycles. The zero-order valence-electron chi connectivity index (χ0n) is 13.7. The number of carbonyl (C=O) groups is 1. The minimum atomic E-state index is -3.60. The molecule has 0 spiro atoms. The van der Waals surface area contributed by atoms with Gasteiger partial charge < -0.3 is 14.6 Å². The second-order valence-electron chi connectivity index (χ2n) is 5.88. The van der Waals surface area contributed by atoms with Crippen molar-refractivity contribution in [2.75, 3.05) is 19.8 Å². The van der Waals surface area contributed by atoms with Crippen molar-refractivity contribution >= 4 is 15.9 Å². The smallest absolute Gasteiger partial charge is 0.251 e. The van der Waals surface area contributed by atoms with Crippen LogP contribution in [0.3, 0.4) is 0 Å². The van der Waals surface area contributed by atoms with E-state index in [1.807, 2.05) is 29.1 Å². The second kappa shape index (κ2) is 7.81. The summed E-state index contributed by atoms with van der Waals surface area (Å²) in [5, 5.41) is 2.81. The van der Waals surface area contributed by atoms with E-state index in [2.05, 4.69) is 10.0 Å². The average Bonchev–Trinajstić information content (AvgIpc) is 3.28. The van der Waals surface area contributed by atoms with Crippen LogP contribution in [0.4, 0.5) is 0 Å². The summed E-state index contributed by atoms with van der Waals surface area (Å²) in [6.07, 6.45) is 4.52. The number of benzene rings is 1. The molecule has 1 aliphatic heterocycles. The average molecular weight is 363 g/mol. The van der Waals surface area contributed by atoms with Crippen molar-refractivity contribution < 1.29 is 17.9 Å². The third kappa shape index (κ3) is 4.68. The van der Waals surface area contributed by atoms with Crippen LogP contribution < -0.4 is 10.0 Å². The first kappa shape index (κ1) is 17.7. The van der Waals surface area contributed by atoms with Crippen molar-refractivity contribution in [1.29, 1.82) is 0 Å². The minimum Gasteiger partial charge on any atom is -0.380 e. The molecule has 2 N–H and O–H groups in total. The largest absolute Gasteiger partial charge is 0.380 e. The van der Waals surface area contributed by atoms with E-state index >= 15 is 0 Å². The van der Waals surface area contributed by atoms with E-state index in [1.54, 1.807) is 0 Å². The highest BCUT2D eigenvalue weighted by Crippen LogP contribution is 2.13. The molecule has 0 bridgehead atoms. The molecule has 0 radical (unpaired) electrons. The topological polar surface area (TPSA) is 89.4 Å². The van der Waals surface area contributed by atoms with Gasteiger partial charge in [0.15, 0.2) is 0 Å². The Hall–Kier alpha value is -2.16. The molecule has 1 fully saturated rings. The molecule has 1 amide bonds. The van der Waals surface area contributed by atoms with Crippen molar-refractivity contribution in [2.45, 2.75) is 23.9 Å². The SMILES string of the molecule is O=C(NCCn1cccc1)c1ccc(S(=O)(=O)N[C@@H]2CCOC2)cc1. The van der Waals surface area contributed by atoms with Gasteiger partial charge >= 0.3 is 0 Å². The van der Waals surface area contributed by atoms with Crippen molar-refractivity contribution in [3.05, 3.63) is 54.4 Å². The number of nitrogens with one attached hydrogen (secondary N) is 2. The fourth-order valence-corrected chi connectivity index (χ4v) is 3.88. The standard InChI is InChI=1S/C17H21N3O4S/c21-17(18-8-11-20-9-1-2-10-20)14-3-5-16(6-4-14)25(22,23)19-15-7-12-24-13-15/h1-6,9-10,15,19H,7-8,11-13H2,(H,18,21)/t15-/m1/s1. The number of hydrogen-bond acceptors (Lipinski definition) is 4. The quantitative estimate of drug-likeness (QED) is 0.768. The molecule has 0 saturated carbocycles. The zero-order valence-corrected chi connectivity index (χ0v) is 14.5. The van der Waals surface area contributed by atoms with E-state index in [-0.39, 0.29) is 16.8 Å². The molecule has 2 aromatic rings. The number of rotatable bonds is 7. The molecule has 0 unspecified atom stereocenters. The highest BCUT2D eigenvalue weighted by molar-refractivity contribution is 7.89. The number of nitrogens with zero attached hydrogens (tertiary/aromatic N) is 1. The Balaban J connectivity index is 1.56. The van der Waals surface area contributed by atoms with Gasteiger partial charge in [0.05, 0.1) is 11.5 Å². The van der Waals surface area contributed by atoms with Gasteiger partial charge in [-0.25, -0.2) is 13.1 Å². The normalized spacial score (nSPS) is 17.5. The summed E-state index contributed by atoms with van der Waals surface area (Å²) < 4.78 is 34.4. The van der Waals surface area contributed by atoms with Crippen LogP contribution in [0.25, 0.3) is 0 Å². The molecular weight excluding hydrogens is 342 g/mol. The molecule has 1 saturated heterocycles. The van der Waals surface area contributed by atoms with Crippen LogP contribution in [0, 0.1) is 0 Å². The van der Waals surface area contributed by atoms with Crippen molar-refractivity contribution in [2.24, 2.45) is 0 Å². The highest BCUT2D eigenvalue weighted by atomic mass is 32.2. The number of carbonyl (C=O) groups excluding carboxylic acids is 1. The lowest BCUT2D eigenvalue weighted by atomic mass is 10.2. The molecule has 1 atom stereocenters. The van der Waals surface area contributed by atoms with E-state index in [0.717, 1.165) is 0 Å². The fourth-order valence-electron chi connectivity index (χ4n) is 2.62. The summed E-state index contributed by atoms with van der Waals surface area (Å²) in [5.74, 6) is -0.228. The van der Waals surface area contributed by atoms with Gasteiger partial charge in [0.1, 0.15) is 0 Å². The first-order valence-corrected chi connectivity index (χ1v) is 9.62. The summed E-state index contributed by atoms with van der Waals surface area (Å²) in [4.78, 5) is 12.3. The maximum Gasteiger partial charge on any atom is 0.251 e. The Kier molecular flexibility index (Phi) is 5.52. The maximum absolute atomic E-state index is 12.3. The molecule has 7 nitrogen and oxygen atoms in total. The Morgan fingerprint density at radius 2 is 1.92 bits per heavy atom. The fraction of sp³-hybridized carbons (Fsp3) is 0.353. The van der Waals surface area contributed by atoms with E-state index in [9.17, 15) is 13.2 Å². The Morgan fingerprint density at radius 3 is 2.56 bits per heavy atom. The lowest BCUT2D eigenvalue weighted by Crippen LogP contribution is -2.35. The third-order valence-electron chi connectivity index (χ3n) is 4.00. The first-order chi connectivity index (χ1) is 12.0. The second-order valence-corrected chi connectivity index (χ2v) is 7.60. The molecule has 1 aliphatic rings. The van der Waals surface area contributed by atoms with Crippen LogP contribution >= 0.6 is 0 Å². The molecule has 8 heteroatoms. The molecular formula is C17H21N3O4S. The monoisotopic (exact) mass is 363 g/mol. The summed E-state index contributed by atoms with van der Waals surface area (Å²) in [5.41, 5.74) is 0.427. The van der Waals surface area contributed by atoms with Crippen LogP contribution in [0.5, 0.6) is 0 Å². The van der Waals surface area contributed by atoms with Gasteiger partial charge in [-0.3, -0.25) is 4.79 Å². The van der Waals surface area contributed by atoms with Gasteiger partial charge in [-0.2, -0.15) is 0 Å². The summed E-state index contributed by atoms with van der Waals surface area (Å²) in [7, 11) is -3.60. The van der Waals surface area contributed by atoms with Gasteiger partial charge in [-0.05, 0) is 42.8 Å². The maximum atomic E-state index is 12.3. The van der Waals surface area contributed by atoms with E-state index in [0.29, 0.717) is 38.3 Å². The van der Waals surface area contributed by atoms with Crippen LogP contribution in [0.1, 0.15) is 16.8 Å². The van der Waals surface area contributed by atoms with Gasteiger partial charge in [0.2, 0.25) is 10.0 Å². The van der Waals surface area contributed by atoms with Gasteiger partial charge in [-0.15, -0.1) is 0 Å². The number of hydrogen-bond donors (Lipinski definition) is 2. The Morgan fingerprint density at radius 1 is 1.20 bits per heavy atom. The molecule has 2 heterocycles. The summed E-state index contributed by atoms with van der Waals surface area (Å²) >= 11 is 0. The molecule has 1 aromatic heterocycles. The molecule has 25 heavy (non-hydrogen) atoms. The van der Waals surface area contributed by atoms with E-state index in [4.69, 9.17) is 4.74 Å². The molecule has 1 aromatic carbocycles. The van der Waals surface area contributed by atoms with Crippen LogP contribution in [-0.4, -0.2) is 44.7 Å². The number of sulfonamides is 1. The van der Waals surface area contributed by atoms with Crippen molar-refractivity contribution in [3.63, 3.8) is 0 Å². The number of amides is 1. The summed E-state index contributed by atoms with van der Waals surface area (Å²) in [6.45, 7) is 2.13. The Labute approximate surface area is 147 Å². The van der Waals surface area contributed by atoms with E-state index < -0.39 is 10.0 Å². The predicted molar refractivity (Wildman–Crippen MR) is 92.8 cm³/mol. The Bertz CT molecular complexity index is 795. The van der Waals surface area contributed by atoms with Crippen molar-refractivity contribution in [3.8, 4) is 0 Å². The molecule has 3 rings (SSSR count). The van der Waals surface area contributed by atoms with Gasteiger partial charge in [0.25, 0.3) is 5.91 Å². The van der Waals surface area contributed by atoms with Gasteiger partial charge in [0, 0.05) is 43.7 Å². The predicted octanol–water partition coefficient (Wildman–Crippen LogP) is 0.985. The first-order valence-electron chi connectivity index (χ1n) is 8.14. The van der Waals surface area contributed by atoms with Crippen LogP contribution in [-0.2, 0) is 21.3 Å². The zero-order chi connectivity index (χ0) is 17.7. The number of aromatic nitrogens is 1. The lowest BCUT2D eigenvalue weighted by molar-refractivity contribution is 0.0952. The minimum absolute atomic E-state index is 0.142. The number of ether oxygens (including phenoxy) is 1. The van der Waals surface area contributed by atoms with E-state index in [1.165, 1.54) is 24.3 Å². The summed E-state index contributed by atoms with van der Waals surface area (Å²) in [6, 6.07) is 9.58. The lowest BCUT2D eigenvalue weighted by Gasteiger charge is -2.12. The van der Waals surface area contributed by atoms with Crippen LogP contribution in [0.2, 0.25) is 0 Å².